The fourth-order valence-electron chi connectivity index (χ4n) is 3.01. The quantitative estimate of drug-likeness (QED) is 0.703. The van der Waals surface area contributed by atoms with Crippen LogP contribution in [0.5, 0.6) is 0 Å². The standard InChI is InChI=1S/C20H29Cl2N3O2/c1-13(2)14(3)23-20(27)15-7-10-25(11-8-15)12-9-18(26)24-19-16(21)5-4-6-17(19)22/h4-6,13-15H,7-12H2,1-3H3,(H,23,27)(H,24,26). The highest BCUT2D eigenvalue weighted by Crippen LogP contribution is 2.29. The van der Waals surface area contributed by atoms with Crippen molar-refractivity contribution < 1.29 is 9.59 Å². The maximum absolute atomic E-state index is 12.3. The van der Waals surface area contributed by atoms with Gasteiger partial charge in [0.05, 0.1) is 15.7 Å². The van der Waals surface area contributed by atoms with Gasteiger partial charge in [-0.3, -0.25) is 9.59 Å². The Kier molecular flexibility index (Phi) is 8.39. The first-order valence-corrected chi connectivity index (χ1v) is 10.3. The molecule has 1 aromatic rings. The highest BCUT2D eigenvalue weighted by molar-refractivity contribution is 6.39. The first-order chi connectivity index (χ1) is 12.8. The number of likely N-dealkylation sites (tertiary alicyclic amines) is 1. The Balaban J connectivity index is 1.73. The Hall–Kier alpha value is -1.30. The lowest BCUT2D eigenvalue weighted by Gasteiger charge is -2.32. The van der Waals surface area contributed by atoms with Crippen molar-refractivity contribution in [2.75, 3.05) is 25.0 Å². The van der Waals surface area contributed by atoms with Crippen LogP contribution in [0.3, 0.4) is 0 Å². The second-order valence-electron chi connectivity index (χ2n) is 7.55. The maximum atomic E-state index is 12.3. The van der Waals surface area contributed by atoms with E-state index in [2.05, 4.69) is 29.4 Å². The first kappa shape index (κ1) is 22.0. The largest absolute Gasteiger partial charge is 0.353 e. The average molecular weight is 414 g/mol. The lowest BCUT2D eigenvalue weighted by atomic mass is 9.94. The van der Waals surface area contributed by atoms with Crippen molar-refractivity contribution in [1.82, 2.24) is 10.2 Å². The molecule has 150 valence electrons. The van der Waals surface area contributed by atoms with E-state index in [0.29, 0.717) is 34.6 Å². The van der Waals surface area contributed by atoms with Gasteiger partial charge in [-0.2, -0.15) is 0 Å². The van der Waals surface area contributed by atoms with Crippen molar-refractivity contribution in [2.24, 2.45) is 11.8 Å². The molecule has 1 aliphatic rings. The number of carbonyl (C=O) groups excluding carboxylic acids is 2. The van der Waals surface area contributed by atoms with Gasteiger partial charge in [-0.1, -0.05) is 43.1 Å². The number of carbonyl (C=O) groups is 2. The molecule has 0 bridgehead atoms. The van der Waals surface area contributed by atoms with E-state index in [9.17, 15) is 9.59 Å². The Bertz CT molecular complexity index is 638. The molecule has 0 radical (unpaired) electrons. The van der Waals surface area contributed by atoms with E-state index in [1.807, 2.05) is 6.92 Å². The molecular weight excluding hydrogens is 385 g/mol. The summed E-state index contributed by atoms with van der Waals surface area (Å²) in [4.78, 5) is 26.8. The van der Waals surface area contributed by atoms with Crippen molar-refractivity contribution in [2.45, 2.75) is 46.1 Å². The summed E-state index contributed by atoms with van der Waals surface area (Å²) in [6, 6.07) is 5.32. The number of piperidine rings is 1. The number of hydrogen-bond acceptors (Lipinski definition) is 3. The van der Waals surface area contributed by atoms with Crippen LogP contribution in [0.2, 0.25) is 10.0 Å². The molecule has 2 amide bonds. The molecule has 1 heterocycles. The fourth-order valence-corrected chi connectivity index (χ4v) is 3.50. The van der Waals surface area contributed by atoms with Crippen molar-refractivity contribution in [1.29, 1.82) is 0 Å². The number of nitrogens with one attached hydrogen (secondary N) is 2. The summed E-state index contributed by atoms with van der Waals surface area (Å²) >= 11 is 12.2. The molecule has 1 unspecified atom stereocenters. The summed E-state index contributed by atoms with van der Waals surface area (Å²) in [5, 5.41) is 6.75. The SMILES string of the molecule is CC(C)C(C)NC(=O)C1CCN(CCC(=O)Nc2c(Cl)cccc2Cl)CC1. The number of para-hydroxylation sites is 1. The molecule has 27 heavy (non-hydrogen) atoms. The monoisotopic (exact) mass is 413 g/mol. The van der Waals surface area contributed by atoms with E-state index < -0.39 is 0 Å². The molecule has 0 aliphatic carbocycles. The molecule has 0 saturated carbocycles. The summed E-state index contributed by atoms with van der Waals surface area (Å²) in [5.41, 5.74) is 0.459. The number of benzene rings is 1. The molecule has 0 aromatic heterocycles. The zero-order valence-corrected chi connectivity index (χ0v) is 17.7. The number of halogens is 2. The minimum Gasteiger partial charge on any atom is -0.353 e. The fraction of sp³-hybridized carbons (Fsp3) is 0.600. The Morgan fingerprint density at radius 1 is 1.15 bits per heavy atom. The van der Waals surface area contributed by atoms with Crippen molar-refractivity contribution in [3.63, 3.8) is 0 Å². The average Bonchev–Trinajstić information content (AvgIpc) is 2.63. The van der Waals surface area contributed by atoms with Crippen LogP contribution in [0, 0.1) is 11.8 Å². The molecule has 0 spiro atoms. The Labute approximate surface area is 171 Å². The van der Waals surface area contributed by atoms with Gasteiger partial charge in [-0.25, -0.2) is 0 Å². The van der Waals surface area contributed by atoms with Crippen LogP contribution < -0.4 is 10.6 Å². The highest BCUT2D eigenvalue weighted by Gasteiger charge is 2.26. The van der Waals surface area contributed by atoms with E-state index >= 15 is 0 Å². The third-order valence-corrected chi connectivity index (χ3v) is 5.84. The van der Waals surface area contributed by atoms with Crippen LogP contribution >= 0.6 is 23.2 Å². The van der Waals surface area contributed by atoms with Crippen molar-refractivity contribution >= 4 is 40.7 Å². The smallest absolute Gasteiger partial charge is 0.225 e. The van der Waals surface area contributed by atoms with Crippen LogP contribution in [0.4, 0.5) is 5.69 Å². The Morgan fingerprint density at radius 2 is 1.74 bits per heavy atom. The zero-order valence-electron chi connectivity index (χ0n) is 16.2. The second-order valence-corrected chi connectivity index (χ2v) is 8.37. The normalized spacial score (nSPS) is 17.0. The summed E-state index contributed by atoms with van der Waals surface area (Å²) in [5.74, 6) is 0.537. The van der Waals surface area contributed by atoms with E-state index in [-0.39, 0.29) is 23.8 Å². The van der Waals surface area contributed by atoms with Gasteiger partial charge in [0, 0.05) is 24.9 Å². The predicted octanol–water partition coefficient (Wildman–Crippen LogP) is 4.19. The number of nitrogens with zero attached hydrogens (tertiary/aromatic N) is 1. The molecule has 1 aromatic carbocycles. The molecule has 5 nitrogen and oxygen atoms in total. The molecule has 1 atom stereocenters. The van der Waals surface area contributed by atoms with Crippen LogP contribution in [-0.2, 0) is 9.59 Å². The highest BCUT2D eigenvalue weighted by atomic mass is 35.5. The van der Waals surface area contributed by atoms with Gasteiger partial charge in [0.15, 0.2) is 0 Å². The van der Waals surface area contributed by atoms with Gasteiger partial charge in [0.2, 0.25) is 11.8 Å². The van der Waals surface area contributed by atoms with Crippen LogP contribution in [0.25, 0.3) is 0 Å². The second kappa shape index (κ2) is 10.3. The maximum Gasteiger partial charge on any atom is 0.225 e. The van der Waals surface area contributed by atoms with Gasteiger partial charge < -0.3 is 15.5 Å². The summed E-state index contributed by atoms with van der Waals surface area (Å²) in [6.45, 7) is 8.57. The third-order valence-electron chi connectivity index (χ3n) is 5.21. The van der Waals surface area contributed by atoms with Gasteiger partial charge in [-0.05, 0) is 50.9 Å². The lowest BCUT2D eigenvalue weighted by Crippen LogP contribution is -2.44. The molecule has 2 N–H and O–H groups in total. The minimum atomic E-state index is -0.115. The van der Waals surface area contributed by atoms with E-state index in [1.54, 1.807) is 18.2 Å². The van der Waals surface area contributed by atoms with Gasteiger partial charge in [0.25, 0.3) is 0 Å². The van der Waals surface area contributed by atoms with Gasteiger partial charge in [0.1, 0.15) is 0 Å². The van der Waals surface area contributed by atoms with Crippen LogP contribution in [0.1, 0.15) is 40.0 Å². The van der Waals surface area contributed by atoms with Gasteiger partial charge in [-0.15, -0.1) is 0 Å². The third kappa shape index (κ3) is 6.66. The molecule has 1 fully saturated rings. The summed E-state index contributed by atoms with van der Waals surface area (Å²) in [7, 11) is 0. The van der Waals surface area contributed by atoms with Gasteiger partial charge >= 0.3 is 0 Å². The molecule has 1 aliphatic heterocycles. The minimum absolute atomic E-state index is 0.0678. The number of anilines is 1. The molecule has 1 saturated heterocycles. The van der Waals surface area contributed by atoms with Crippen LogP contribution in [0.15, 0.2) is 18.2 Å². The summed E-state index contributed by atoms with van der Waals surface area (Å²) < 4.78 is 0. The molecular formula is C20H29Cl2N3O2. The summed E-state index contributed by atoms with van der Waals surface area (Å²) in [6.07, 6.45) is 2.02. The van der Waals surface area contributed by atoms with Crippen molar-refractivity contribution in [3.05, 3.63) is 28.2 Å². The van der Waals surface area contributed by atoms with E-state index in [1.165, 1.54) is 0 Å². The van der Waals surface area contributed by atoms with Crippen molar-refractivity contribution in [3.8, 4) is 0 Å². The van der Waals surface area contributed by atoms with E-state index in [0.717, 1.165) is 25.9 Å². The topological polar surface area (TPSA) is 61.4 Å². The number of hydrogen-bond donors (Lipinski definition) is 2. The van der Waals surface area contributed by atoms with E-state index in [4.69, 9.17) is 23.2 Å². The Morgan fingerprint density at radius 3 is 2.30 bits per heavy atom. The predicted molar refractivity (Wildman–Crippen MR) is 111 cm³/mol. The zero-order chi connectivity index (χ0) is 20.0. The van der Waals surface area contributed by atoms with Crippen LogP contribution in [-0.4, -0.2) is 42.4 Å². The number of rotatable bonds is 7. The molecule has 7 heteroatoms. The lowest BCUT2D eigenvalue weighted by molar-refractivity contribution is -0.127. The number of amides is 2. The molecule has 2 rings (SSSR count). The first-order valence-electron chi connectivity index (χ1n) is 9.54.